The summed E-state index contributed by atoms with van der Waals surface area (Å²) in [5.41, 5.74) is 1.46. The zero-order valence-corrected chi connectivity index (χ0v) is 11.2. The van der Waals surface area contributed by atoms with E-state index >= 15 is 0 Å². The van der Waals surface area contributed by atoms with Crippen molar-refractivity contribution in [3.63, 3.8) is 0 Å². The van der Waals surface area contributed by atoms with E-state index in [-0.39, 0.29) is 0 Å². The van der Waals surface area contributed by atoms with Crippen molar-refractivity contribution in [2.45, 2.75) is 19.9 Å². The summed E-state index contributed by atoms with van der Waals surface area (Å²) < 4.78 is 2.19. The molecule has 1 heterocycles. The van der Waals surface area contributed by atoms with Crippen molar-refractivity contribution in [2.75, 3.05) is 11.5 Å². The molecule has 18 heavy (non-hydrogen) atoms. The van der Waals surface area contributed by atoms with Gasteiger partial charge in [-0.1, -0.05) is 6.92 Å². The van der Waals surface area contributed by atoms with Gasteiger partial charge in [0.1, 0.15) is 0 Å². The van der Waals surface area contributed by atoms with Crippen LogP contribution in [0.2, 0.25) is 0 Å². The molecule has 0 unspecified atom stereocenters. The summed E-state index contributed by atoms with van der Waals surface area (Å²) >= 11 is 1.95. The molecule has 3 nitrogen and oxygen atoms in total. The van der Waals surface area contributed by atoms with Crippen molar-refractivity contribution < 1.29 is 9.90 Å². The maximum atomic E-state index is 10.9. The Morgan fingerprint density at radius 1 is 1.39 bits per heavy atom. The molecule has 0 aliphatic rings. The van der Waals surface area contributed by atoms with Crippen LogP contribution in [0.15, 0.2) is 30.5 Å². The summed E-state index contributed by atoms with van der Waals surface area (Å²) in [7, 11) is 0. The molecule has 1 N–H and O–H groups in total. The number of aromatic carboxylic acids is 1. The lowest BCUT2D eigenvalue weighted by molar-refractivity contribution is 0.0697. The number of nitrogens with zero attached hydrogens (tertiary/aromatic N) is 1. The highest BCUT2D eigenvalue weighted by molar-refractivity contribution is 7.99. The first-order chi connectivity index (χ1) is 8.72. The third-order valence-corrected chi connectivity index (χ3v) is 3.90. The normalized spacial score (nSPS) is 10.9. The van der Waals surface area contributed by atoms with Crippen LogP contribution in [-0.4, -0.2) is 27.1 Å². The second-order valence-corrected chi connectivity index (χ2v) is 5.53. The quantitative estimate of drug-likeness (QED) is 0.811. The van der Waals surface area contributed by atoms with Gasteiger partial charge in [-0.2, -0.15) is 11.8 Å². The Hall–Kier alpha value is -1.42. The molecule has 2 rings (SSSR count). The van der Waals surface area contributed by atoms with Crippen molar-refractivity contribution in [1.29, 1.82) is 0 Å². The van der Waals surface area contributed by atoms with Gasteiger partial charge in [0.25, 0.3) is 0 Å². The molecule has 0 saturated carbocycles. The van der Waals surface area contributed by atoms with Crippen molar-refractivity contribution >= 4 is 28.6 Å². The standard InChI is InChI=1S/C14H17NO2S/c1-2-18-9-3-7-15-8-6-11-10-12(14(16)17)4-5-13(11)15/h4-6,8,10H,2-3,7,9H2,1H3,(H,16,17). The Morgan fingerprint density at radius 2 is 2.22 bits per heavy atom. The number of rotatable bonds is 6. The lowest BCUT2D eigenvalue weighted by Gasteiger charge is -2.05. The average Bonchev–Trinajstić information content (AvgIpc) is 2.77. The largest absolute Gasteiger partial charge is 0.478 e. The summed E-state index contributed by atoms with van der Waals surface area (Å²) in [5.74, 6) is 1.46. The first kappa shape index (κ1) is 13.0. The second kappa shape index (κ2) is 5.96. The van der Waals surface area contributed by atoms with E-state index in [0.29, 0.717) is 5.56 Å². The number of aromatic nitrogens is 1. The molecule has 96 valence electrons. The third kappa shape index (κ3) is 2.88. The highest BCUT2D eigenvalue weighted by atomic mass is 32.2. The van der Waals surface area contributed by atoms with Gasteiger partial charge in [0, 0.05) is 23.6 Å². The number of fused-ring (bicyclic) bond motifs is 1. The zero-order valence-electron chi connectivity index (χ0n) is 10.4. The van der Waals surface area contributed by atoms with Crippen LogP contribution >= 0.6 is 11.8 Å². The van der Waals surface area contributed by atoms with Crippen molar-refractivity contribution in [3.8, 4) is 0 Å². The smallest absolute Gasteiger partial charge is 0.335 e. The van der Waals surface area contributed by atoms with E-state index in [4.69, 9.17) is 5.11 Å². The number of carbonyl (C=O) groups is 1. The van der Waals surface area contributed by atoms with E-state index in [1.54, 1.807) is 12.1 Å². The molecule has 0 radical (unpaired) electrons. The lowest BCUT2D eigenvalue weighted by atomic mass is 10.1. The van der Waals surface area contributed by atoms with Crippen LogP contribution in [0.25, 0.3) is 10.9 Å². The van der Waals surface area contributed by atoms with Crippen molar-refractivity contribution in [3.05, 3.63) is 36.0 Å². The molecule has 0 spiro atoms. The molecule has 2 aromatic rings. The van der Waals surface area contributed by atoms with Crippen LogP contribution in [0.1, 0.15) is 23.7 Å². The molecular weight excluding hydrogens is 246 g/mol. The van der Waals surface area contributed by atoms with E-state index in [1.807, 2.05) is 30.1 Å². The predicted molar refractivity (Wildman–Crippen MR) is 76.5 cm³/mol. The number of hydrogen-bond acceptors (Lipinski definition) is 2. The number of carboxylic acid groups (broad SMARTS) is 1. The minimum absolute atomic E-state index is 0.349. The van der Waals surface area contributed by atoms with Gasteiger partial charge in [0.15, 0.2) is 0 Å². The van der Waals surface area contributed by atoms with E-state index in [2.05, 4.69) is 11.5 Å². The van der Waals surface area contributed by atoms with Crippen molar-refractivity contribution in [1.82, 2.24) is 4.57 Å². The van der Waals surface area contributed by atoms with Crippen molar-refractivity contribution in [2.24, 2.45) is 0 Å². The molecule has 0 bridgehead atoms. The molecule has 0 atom stereocenters. The number of thioether (sulfide) groups is 1. The average molecular weight is 263 g/mol. The van der Waals surface area contributed by atoms with Crippen LogP contribution in [-0.2, 0) is 6.54 Å². The number of aryl methyl sites for hydroxylation is 1. The summed E-state index contributed by atoms with van der Waals surface area (Å²) in [5, 5.41) is 9.94. The molecule has 0 saturated heterocycles. The van der Waals surface area contributed by atoms with E-state index in [0.717, 1.165) is 29.6 Å². The van der Waals surface area contributed by atoms with E-state index < -0.39 is 5.97 Å². The van der Waals surface area contributed by atoms with Crippen LogP contribution in [0.4, 0.5) is 0 Å². The summed E-state index contributed by atoms with van der Waals surface area (Å²) in [4.78, 5) is 10.9. The van der Waals surface area contributed by atoms with Crippen LogP contribution in [0, 0.1) is 0 Å². The summed E-state index contributed by atoms with van der Waals surface area (Å²) in [6.45, 7) is 3.16. The maximum absolute atomic E-state index is 10.9. The van der Waals surface area contributed by atoms with Gasteiger partial charge in [0.2, 0.25) is 0 Å². The highest BCUT2D eigenvalue weighted by Crippen LogP contribution is 2.18. The number of benzene rings is 1. The molecule has 1 aromatic heterocycles. The topological polar surface area (TPSA) is 42.2 Å². The first-order valence-corrected chi connectivity index (χ1v) is 7.27. The number of carboxylic acids is 1. The van der Waals surface area contributed by atoms with Gasteiger partial charge in [-0.15, -0.1) is 0 Å². The van der Waals surface area contributed by atoms with Gasteiger partial charge in [-0.25, -0.2) is 4.79 Å². The van der Waals surface area contributed by atoms with E-state index in [9.17, 15) is 4.79 Å². The first-order valence-electron chi connectivity index (χ1n) is 6.12. The Bertz CT molecular complexity index is 548. The third-order valence-electron chi connectivity index (χ3n) is 2.91. The Labute approximate surface area is 111 Å². The molecule has 0 fully saturated rings. The lowest BCUT2D eigenvalue weighted by Crippen LogP contribution is -1.99. The van der Waals surface area contributed by atoms with E-state index in [1.165, 1.54) is 5.75 Å². The van der Waals surface area contributed by atoms with Gasteiger partial charge in [0.05, 0.1) is 5.56 Å². The number of hydrogen-bond donors (Lipinski definition) is 1. The Balaban J connectivity index is 2.13. The maximum Gasteiger partial charge on any atom is 0.335 e. The van der Waals surface area contributed by atoms with Gasteiger partial charge in [-0.05, 0) is 42.2 Å². The molecule has 0 aliphatic carbocycles. The van der Waals surface area contributed by atoms with Gasteiger partial charge >= 0.3 is 5.97 Å². The molecule has 4 heteroatoms. The monoisotopic (exact) mass is 263 g/mol. The Kier molecular flexibility index (Phi) is 4.31. The Morgan fingerprint density at radius 3 is 2.94 bits per heavy atom. The fourth-order valence-electron chi connectivity index (χ4n) is 2.01. The minimum Gasteiger partial charge on any atom is -0.478 e. The SMILES string of the molecule is CCSCCCn1ccc2cc(C(=O)O)ccc21. The zero-order chi connectivity index (χ0) is 13.0. The summed E-state index contributed by atoms with van der Waals surface area (Å²) in [6, 6.07) is 7.28. The van der Waals surface area contributed by atoms with Crippen LogP contribution in [0.3, 0.4) is 0 Å². The molecular formula is C14H17NO2S. The second-order valence-electron chi connectivity index (χ2n) is 4.14. The molecule has 0 amide bonds. The van der Waals surface area contributed by atoms with Gasteiger partial charge < -0.3 is 9.67 Å². The predicted octanol–water partition coefficient (Wildman–Crippen LogP) is 3.48. The minimum atomic E-state index is -0.871. The fraction of sp³-hybridized carbons (Fsp3) is 0.357. The molecule has 0 aliphatic heterocycles. The highest BCUT2D eigenvalue weighted by Gasteiger charge is 2.06. The molecule has 1 aromatic carbocycles. The van der Waals surface area contributed by atoms with Crippen LogP contribution in [0.5, 0.6) is 0 Å². The van der Waals surface area contributed by atoms with Crippen LogP contribution < -0.4 is 0 Å². The van der Waals surface area contributed by atoms with Gasteiger partial charge in [-0.3, -0.25) is 0 Å². The fourth-order valence-corrected chi connectivity index (χ4v) is 2.63. The summed E-state index contributed by atoms with van der Waals surface area (Å²) in [6.07, 6.45) is 3.18.